The van der Waals surface area contributed by atoms with Gasteiger partial charge in [-0.3, -0.25) is 4.79 Å². The normalized spacial score (nSPS) is 15.1. The van der Waals surface area contributed by atoms with Gasteiger partial charge in [0.25, 0.3) is 10.0 Å². The zero-order valence-corrected chi connectivity index (χ0v) is 17.2. The monoisotopic (exact) mass is 419 g/mol. The number of Topliss-reactive ketones (excluding diaryl/α,β-unsaturated/α-hetero) is 1. The minimum Gasteiger partial charge on any atom is -0.288 e. The van der Waals surface area contributed by atoms with Crippen molar-refractivity contribution in [3.8, 4) is 0 Å². The fraction of sp³-hybridized carbons (Fsp3) is 0.0435. The van der Waals surface area contributed by atoms with Crippen molar-refractivity contribution >= 4 is 33.3 Å². The van der Waals surface area contributed by atoms with Gasteiger partial charge in [-0.05, 0) is 37.3 Å². The summed E-state index contributed by atoms with van der Waals surface area (Å²) in [6.07, 6.45) is 1.57. The van der Waals surface area contributed by atoms with E-state index in [0.29, 0.717) is 16.0 Å². The summed E-state index contributed by atoms with van der Waals surface area (Å²) in [7, 11) is -3.90. The summed E-state index contributed by atoms with van der Waals surface area (Å²) < 4.78 is 29.6. The van der Waals surface area contributed by atoms with Crippen molar-refractivity contribution in [2.45, 2.75) is 16.7 Å². The predicted octanol–water partition coefficient (Wildman–Crippen LogP) is 5.05. The van der Waals surface area contributed by atoms with E-state index < -0.39 is 10.0 Å². The number of rotatable bonds is 4. The molecule has 0 saturated heterocycles. The highest BCUT2D eigenvalue weighted by molar-refractivity contribution is 8.04. The number of hydrogen-bond acceptors (Lipinski definition) is 4. The number of allylic oxidation sites excluding steroid dienone is 2. The van der Waals surface area contributed by atoms with Gasteiger partial charge in [-0.15, -0.1) is 0 Å². The van der Waals surface area contributed by atoms with Crippen LogP contribution >= 0.6 is 11.8 Å². The van der Waals surface area contributed by atoms with Gasteiger partial charge in [0.15, 0.2) is 5.78 Å². The molecular weight excluding hydrogens is 402 g/mol. The lowest BCUT2D eigenvalue weighted by atomic mass is 9.94. The number of carbonyl (C=O) groups excluding carboxylic acids is 1. The van der Waals surface area contributed by atoms with Crippen molar-refractivity contribution in [1.29, 1.82) is 0 Å². The Labute approximate surface area is 174 Å². The number of sulfonamides is 1. The van der Waals surface area contributed by atoms with Crippen molar-refractivity contribution in [2.24, 2.45) is 4.40 Å². The van der Waals surface area contributed by atoms with Gasteiger partial charge in [0.2, 0.25) is 0 Å². The van der Waals surface area contributed by atoms with Crippen molar-refractivity contribution in [3.63, 3.8) is 0 Å². The third kappa shape index (κ3) is 4.09. The molecule has 29 heavy (non-hydrogen) atoms. The van der Waals surface area contributed by atoms with Crippen LogP contribution in [-0.4, -0.2) is 19.9 Å². The van der Waals surface area contributed by atoms with E-state index in [1.165, 1.54) is 23.9 Å². The van der Waals surface area contributed by atoms with E-state index in [1.807, 2.05) is 31.2 Å². The molecule has 0 saturated carbocycles. The highest BCUT2D eigenvalue weighted by Gasteiger charge is 2.26. The van der Waals surface area contributed by atoms with E-state index in [-0.39, 0.29) is 16.4 Å². The average molecular weight is 420 g/mol. The van der Waals surface area contributed by atoms with Crippen LogP contribution in [-0.2, 0) is 10.0 Å². The molecule has 1 aliphatic carbocycles. The van der Waals surface area contributed by atoms with Gasteiger partial charge in [-0.25, -0.2) is 0 Å². The molecule has 0 atom stereocenters. The number of benzene rings is 3. The van der Waals surface area contributed by atoms with Crippen molar-refractivity contribution < 1.29 is 13.2 Å². The van der Waals surface area contributed by atoms with Gasteiger partial charge in [-0.2, -0.15) is 12.8 Å². The Morgan fingerprint density at radius 3 is 2.10 bits per heavy atom. The molecule has 1 aliphatic rings. The van der Waals surface area contributed by atoms with Crippen molar-refractivity contribution in [1.82, 2.24) is 0 Å². The largest absolute Gasteiger partial charge is 0.288 e. The first-order chi connectivity index (χ1) is 13.9. The van der Waals surface area contributed by atoms with Crippen LogP contribution < -0.4 is 0 Å². The van der Waals surface area contributed by atoms with E-state index in [2.05, 4.69) is 4.40 Å². The van der Waals surface area contributed by atoms with Crippen LogP contribution in [0.5, 0.6) is 0 Å². The van der Waals surface area contributed by atoms with E-state index in [1.54, 1.807) is 48.5 Å². The molecule has 0 aromatic heterocycles. The van der Waals surface area contributed by atoms with Gasteiger partial charge >= 0.3 is 0 Å². The highest BCUT2D eigenvalue weighted by atomic mass is 32.2. The number of hydrogen-bond donors (Lipinski definition) is 0. The van der Waals surface area contributed by atoms with E-state index in [0.717, 1.165) is 10.5 Å². The molecule has 0 fully saturated rings. The van der Waals surface area contributed by atoms with Gasteiger partial charge in [0.05, 0.1) is 15.5 Å². The van der Waals surface area contributed by atoms with Crippen molar-refractivity contribution in [3.05, 3.63) is 107 Å². The van der Waals surface area contributed by atoms with Gasteiger partial charge < -0.3 is 0 Å². The Morgan fingerprint density at radius 2 is 1.41 bits per heavy atom. The number of aryl methyl sites for hydroxylation is 1. The first-order valence-electron chi connectivity index (χ1n) is 8.94. The SMILES string of the molecule is Cc1ccc(SC2=C/C(=N\S(=O)(=O)c3ccccc3)c3ccccc3C2=O)cc1. The molecule has 0 radical (unpaired) electrons. The molecule has 0 aliphatic heterocycles. The minimum absolute atomic E-state index is 0.114. The van der Waals surface area contributed by atoms with Crippen LogP contribution in [0.15, 0.2) is 104 Å². The topological polar surface area (TPSA) is 63.6 Å². The number of thioether (sulfide) groups is 1. The van der Waals surface area contributed by atoms with E-state index in [4.69, 9.17) is 0 Å². The predicted molar refractivity (Wildman–Crippen MR) is 116 cm³/mol. The third-order valence-electron chi connectivity index (χ3n) is 4.45. The molecule has 3 aromatic rings. The second-order valence-electron chi connectivity index (χ2n) is 6.56. The Kier molecular flexibility index (Phi) is 5.22. The number of ketones is 1. The molecule has 144 valence electrons. The van der Waals surface area contributed by atoms with E-state index in [9.17, 15) is 13.2 Å². The third-order valence-corrected chi connectivity index (χ3v) is 6.78. The van der Waals surface area contributed by atoms with Crippen LogP contribution in [0.3, 0.4) is 0 Å². The fourth-order valence-corrected chi connectivity index (χ4v) is 4.88. The number of carbonyl (C=O) groups is 1. The number of nitrogens with zero attached hydrogens (tertiary/aromatic N) is 1. The maximum atomic E-state index is 13.0. The fourth-order valence-electron chi connectivity index (χ4n) is 2.96. The zero-order valence-electron chi connectivity index (χ0n) is 15.6. The van der Waals surface area contributed by atoms with Crippen LogP contribution in [0.2, 0.25) is 0 Å². The minimum atomic E-state index is -3.90. The summed E-state index contributed by atoms with van der Waals surface area (Å²) >= 11 is 1.31. The summed E-state index contributed by atoms with van der Waals surface area (Å²) in [4.78, 5) is 14.4. The lowest BCUT2D eigenvalue weighted by Gasteiger charge is -2.17. The molecular formula is C23H17NO3S2. The van der Waals surface area contributed by atoms with Crippen LogP contribution in [0.4, 0.5) is 0 Å². The van der Waals surface area contributed by atoms with Crippen molar-refractivity contribution in [2.75, 3.05) is 0 Å². The van der Waals surface area contributed by atoms with Gasteiger partial charge in [0.1, 0.15) is 0 Å². The second-order valence-corrected chi connectivity index (χ2v) is 9.28. The molecule has 0 heterocycles. The molecule has 6 heteroatoms. The van der Waals surface area contributed by atoms with Crippen LogP contribution in [0.25, 0.3) is 0 Å². The van der Waals surface area contributed by atoms with Gasteiger partial charge in [-0.1, -0.05) is 71.9 Å². The quantitative estimate of drug-likeness (QED) is 0.594. The average Bonchev–Trinajstić information content (AvgIpc) is 2.73. The Balaban J connectivity index is 1.81. The van der Waals surface area contributed by atoms with Gasteiger partial charge in [0, 0.05) is 16.0 Å². The highest BCUT2D eigenvalue weighted by Crippen LogP contribution is 2.34. The van der Waals surface area contributed by atoms with Crippen LogP contribution in [0, 0.1) is 6.92 Å². The zero-order chi connectivity index (χ0) is 20.4. The summed E-state index contributed by atoms with van der Waals surface area (Å²) in [5, 5.41) is 0. The summed E-state index contributed by atoms with van der Waals surface area (Å²) in [6, 6.07) is 22.8. The molecule has 0 bridgehead atoms. The second kappa shape index (κ2) is 7.81. The molecule has 0 amide bonds. The molecule has 0 spiro atoms. The lowest BCUT2D eigenvalue weighted by Crippen LogP contribution is -2.17. The first-order valence-corrected chi connectivity index (χ1v) is 11.2. The summed E-state index contributed by atoms with van der Waals surface area (Å²) in [5.74, 6) is -0.137. The molecule has 4 nitrogen and oxygen atoms in total. The van der Waals surface area contributed by atoms with Crippen LogP contribution in [0.1, 0.15) is 21.5 Å². The standard InChI is InChI=1S/C23H17NO3S2/c1-16-11-13-17(14-12-16)28-22-15-21(19-9-5-6-10-20(19)23(22)25)24-29(26,27)18-7-3-2-4-8-18/h2-15H,1H3/b24-21+. The Morgan fingerprint density at radius 1 is 0.793 bits per heavy atom. The maximum Gasteiger partial charge on any atom is 0.282 e. The molecule has 0 N–H and O–H groups in total. The summed E-state index contributed by atoms with van der Waals surface area (Å²) in [5.41, 5.74) is 2.36. The molecule has 0 unspecified atom stereocenters. The Bertz CT molecular complexity index is 1240. The maximum absolute atomic E-state index is 13.0. The molecule has 4 rings (SSSR count). The molecule has 3 aromatic carbocycles. The lowest BCUT2D eigenvalue weighted by molar-refractivity contribution is 0.104. The van der Waals surface area contributed by atoms with E-state index >= 15 is 0 Å². The Hall–Kier alpha value is -2.96. The number of fused-ring (bicyclic) bond motifs is 1. The first kappa shape index (κ1) is 19.4. The summed E-state index contributed by atoms with van der Waals surface area (Å²) in [6.45, 7) is 1.99. The smallest absolute Gasteiger partial charge is 0.282 e.